The van der Waals surface area contributed by atoms with Crippen molar-refractivity contribution in [2.75, 3.05) is 39.5 Å². The van der Waals surface area contributed by atoms with Crippen LogP contribution in [-0.4, -0.2) is 64.9 Å². The van der Waals surface area contributed by atoms with E-state index in [1.165, 1.54) is 16.9 Å². The van der Waals surface area contributed by atoms with Crippen LogP contribution in [0.3, 0.4) is 0 Å². The molecule has 0 N–H and O–H groups in total. The number of fused-ring (bicyclic) bond motifs is 1. The molecule has 5 rings (SSSR count). The molecule has 9 heteroatoms. The van der Waals surface area contributed by atoms with Gasteiger partial charge in [0, 0.05) is 23.7 Å². The average molecular weight is 525 g/mol. The van der Waals surface area contributed by atoms with Crippen molar-refractivity contribution in [3.63, 3.8) is 0 Å². The van der Waals surface area contributed by atoms with E-state index >= 15 is 0 Å². The van der Waals surface area contributed by atoms with Crippen LogP contribution in [-0.2, 0) is 15.9 Å². The maximum Gasteiger partial charge on any atom is 0.350 e. The minimum absolute atomic E-state index is 0.296. The molecule has 0 unspecified atom stereocenters. The van der Waals surface area contributed by atoms with Crippen LogP contribution in [0.15, 0.2) is 48.8 Å². The molecule has 1 aliphatic rings. The highest BCUT2D eigenvalue weighted by Crippen LogP contribution is 2.33. The normalized spacial score (nSPS) is 14.4. The van der Waals surface area contributed by atoms with Crippen molar-refractivity contribution in [2.45, 2.75) is 26.2 Å². The number of halogens is 1. The van der Waals surface area contributed by atoms with E-state index < -0.39 is 0 Å². The fourth-order valence-corrected chi connectivity index (χ4v) is 5.58. The van der Waals surface area contributed by atoms with Crippen molar-refractivity contribution in [2.24, 2.45) is 0 Å². The minimum atomic E-state index is -0.387. The molecule has 2 aromatic carbocycles. The number of carbonyl (C=O) groups excluding carboxylic acids is 1. The molecular formula is C27H29ClN4O3S. The highest BCUT2D eigenvalue weighted by molar-refractivity contribution is 7.16. The van der Waals surface area contributed by atoms with E-state index in [9.17, 15) is 4.79 Å². The molecule has 0 saturated carbocycles. The van der Waals surface area contributed by atoms with Gasteiger partial charge in [0.2, 0.25) is 0 Å². The van der Waals surface area contributed by atoms with E-state index in [1.807, 2.05) is 22.8 Å². The predicted molar refractivity (Wildman–Crippen MR) is 143 cm³/mol. The molecule has 188 valence electrons. The summed E-state index contributed by atoms with van der Waals surface area (Å²) in [5, 5.41) is 1.25. The quantitative estimate of drug-likeness (QED) is 0.209. The lowest BCUT2D eigenvalue weighted by Gasteiger charge is -2.26. The van der Waals surface area contributed by atoms with Gasteiger partial charge in [-0.2, -0.15) is 0 Å². The summed E-state index contributed by atoms with van der Waals surface area (Å²) in [4.78, 5) is 25.1. The third-order valence-electron chi connectivity index (χ3n) is 6.29. The van der Waals surface area contributed by atoms with E-state index in [4.69, 9.17) is 26.1 Å². The minimum Gasteiger partial charge on any atom is -0.462 e. The van der Waals surface area contributed by atoms with Crippen LogP contribution >= 0.6 is 22.9 Å². The molecule has 1 aliphatic heterocycles. The maximum atomic E-state index is 12.8. The van der Waals surface area contributed by atoms with Crippen LogP contribution < -0.4 is 0 Å². The first-order valence-corrected chi connectivity index (χ1v) is 13.5. The number of aryl methyl sites for hydroxylation is 1. The van der Waals surface area contributed by atoms with Gasteiger partial charge in [-0.25, -0.2) is 14.8 Å². The molecule has 0 radical (unpaired) electrons. The topological polar surface area (TPSA) is 69.5 Å². The summed E-state index contributed by atoms with van der Waals surface area (Å²) in [6.07, 6.45) is 5.06. The second-order valence-corrected chi connectivity index (χ2v) is 10.2. The lowest BCUT2D eigenvalue weighted by Crippen LogP contribution is -2.36. The van der Waals surface area contributed by atoms with Gasteiger partial charge in [0.25, 0.3) is 0 Å². The number of morpholine rings is 1. The Kier molecular flexibility index (Phi) is 7.96. The van der Waals surface area contributed by atoms with E-state index in [2.05, 4.69) is 28.1 Å². The number of nitrogens with zero attached hydrogens (tertiary/aromatic N) is 4. The lowest BCUT2D eigenvalue weighted by molar-refractivity contribution is 0.0372. The van der Waals surface area contributed by atoms with Gasteiger partial charge < -0.3 is 9.47 Å². The van der Waals surface area contributed by atoms with Crippen molar-refractivity contribution in [1.82, 2.24) is 19.4 Å². The molecule has 0 amide bonds. The van der Waals surface area contributed by atoms with Crippen LogP contribution in [0, 0.1) is 0 Å². The summed E-state index contributed by atoms with van der Waals surface area (Å²) in [7, 11) is 0. The monoisotopic (exact) mass is 524 g/mol. The molecule has 1 fully saturated rings. The third-order valence-corrected chi connectivity index (χ3v) is 7.56. The van der Waals surface area contributed by atoms with Gasteiger partial charge in [-0.3, -0.25) is 9.47 Å². The summed E-state index contributed by atoms with van der Waals surface area (Å²) in [6.45, 7) is 6.96. The van der Waals surface area contributed by atoms with Gasteiger partial charge in [0.1, 0.15) is 11.2 Å². The first-order chi connectivity index (χ1) is 17.6. The lowest BCUT2D eigenvalue weighted by atomic mass is 10.1. The second-order valence-electron chi connectivity index (χ2n) is 8.75. The van der Waals surface area contributed by atoms with Gasteiger partial charge in [-0.1, -0.05) is 41.1 Å². The zero-order valence-corrected chi connectivity index (χ0v) is 21.9. The molecule has 1 saturated heterocycles. The van der Waals surface area contributed by atoms with Crippen molar-refractivity contribution in [3.8, 4) is 16.4 Å². The molecule has 0 spiro atoms. The summed E-state index contributed by atoms with van der Waals surface area (Å²) in [5.41, 5.74) is 4.48. The fraction of sp³-hybridized carbons (Fsp3) is 0.370. The Morgan fingerprint density at radius 1 is 1.17 bits per heavy atom. The predicted octanol–water partition coefficient (Wildman–Crippen LogP) is 5.63. The van der Waals surface area contributed by atoms with Crippen molar-refractivity contribution >= 4 is 39.9 Å². The average Bonchev–Trinajstić information content (AvgIpc) is 3.52. The van der Waals surface area contributed by atoms with Crippen LogP contribution in [0.1, 0.15) is 35.0 Å². The van der Waals surface area contributed by atoms with Gasteiger partial charge in [-0.05, 0) is 62.6 Å². The van der Waals surface area contributed by atoms with Gasteiger partial charge in [-0.15, -0.1) is 0 Å². The van der Waals surface area contributed by atoms with Crippen molar-refractivity contribution in [1.29, 1.82) is 0 Å². The van der Waals surface area contributed by atoms with Gasteiger partial charge >= 0.3 is 5.97 Å². The Hall–Kier alpha value is -2.78. The zero-order valence-electron chi connectivity index (χ0n) is 20.3. The molecule has 2 aromatic heterocycles. The van der Waals surface area contributed by atoms with Crippen LogP contribution in [0.5, 0.6) is 0 Å². The number of carbonyl (C=O) groups is 1. The Morgan fingerprint density at radius 3 is 2.83 bits per heavy atom. The molecule has 4 aromatic rings. The third kappa shape index (κ3) is 5.62. The van der Waals surface area contributed by atoms with Crippen molar-refractivity contribution < 1.29 is 14.3 Å². The molecule has 3 heterocycles. The molecular weight excluding hydrogens is 496 g/mol. The van der Waals surface area contributed by atoms with E-state index in [0.29, 0.717) is 27.3 Å². The molecule has 36 heavy (non-hydrogen) atoms. The Balaban J connectivity index is 1.39. The van der Waals surface area contributed by atoms with Crippen molar-refractivity contribution in [3.05, 3.63) is 64.3 Å². The number of aromatic nitrogens is 3. The van der Waals surface area contributed by atoms with E-state index in [0.717, 1.165) is 68.7 Å². The van der Waals surface area contributed by atoms with E-state index in [-0.39, 0.29) is 5.97 Å². The number of hydrogen-bond donors (Lipinski definition) is 0. The van der Waals surface area contributed by atoms with Crippen LogP contribution in [0.2, 0.25) is 5.02 Å². The number of hydrogen-bond acceptors (Lipinski definition) is 7. The summed E-state index contributed by atoms with van der Waals surface area (Å²) < 4.78 is 12.7. The second kappa shape index (κ2) is 11.5. The number of imidazole rings is 1. The van der Waals surface area contributed by atoms with Gasteiger partial charge in [0.15, 0.2) is 5.13 Å². The Labute approximate surface area is 219 Å². The summed E-state index contributed by atoms with van der Waals surface area (Å²) >= 11 is 7.52. The number of ether oxygens (including phenoxy) is 2. The number of rotatable bonds is 9. The number of unbranched alkanes of at least 4 members (excludes halogenated alkanes) is 1. The summed E-state index contributed by atoms with van der Waals surface area (Å²) in [5.74, 6) is -0.387. The Bertz CT molecular complexity index is 1350. The Morgan fingerprint density at radius 2 is 2.03 bits per heavy atom. The number of benzene rings is 2. The van der Waals surface area contributed by atoms with Gasteiger partial charge in [0.05, 0.1) is 36.5 Å². The highest BCUT2D eigenvalue weighted by atomic mass is 35.5. The summed E-state index contributed by atoms with van der Waals surface area (Å²) in [6, 6.07) is 13.7. The maximum absolute atomic E-state index is 12.8. The largest absolute Gasteiger partial charge is 0.462 e. The standard InChI is InChI=1S/C27H29ClN4O3S/c1-2-35-26(33)25-24(20-7-5-8-21(28)17-20)30-27(36-25)32-18-29-22-10-9-19(16-23(22)32)6-3-4-11-31-12-14-34-15-13-31/h5,7-10,16-18H,2-4,6,11-15H2,1H3. The first-order valence-electron chi connectivity index (χ1n) is 12.3. The first kappa shape index (κ1) is 24.9. The van der Waals surface area contributed by atoms with Crippen LogP contribution in [0.4, 0.5) is 0 Å². The fourth-order valence-electron chi connectivity index (χ4n) is 4.43. The molecule has 7 nitrogen and oxygen atoms in total. The molecule has 0 aliphatic carbocycles. The number of esters is 1. The zero-order chi connectivity index (χ0) is 24.9. The highest BCUT2D eigenvalue weighted by Gasteiger charge is 2.22. The van der Waals surface area contributed by atoms with Crippen LogP contribution in [0.25, 0.3) is 27.4 Å². The molecule has 0 atom stereocenters. The number of thiazole rings is 1. The smallest absolute Gasteiger partial charge is 0.350 e. The van der Waals surface area contributed by atoms with E-state index in [1.54, 1.807) is 19.3 Å². The SMILES string of the molecule is CCOC(=O)c1sc(-n2cnc3ccc(CCCCN4CCOCC4)cc32)nc1-c1cccc(Cl)c1. The molecule has 0 bridgehead atoms.